The Labute approximate surface area is 118 Å². The molecule has 0 radical (unpaired) electrons. The summed E-state index contributed by atoms with van der Waals surface area (Å²) in [6, 6.07) is -0.0169. The molecule has 2 atom stereocenters. The van der Waals surface area contributed by atoms with E-state index in [1.165, 1.54) is 12.8 Å². The molecule has 2 N–H and O–H groups in total. The minimum Gasteiger partial charge on any atom is -0.315 e. The Morgan fingerprint density at radius 3 is 2.42 bits per heavy atom. The molecule has 1 aliphatic rings. The van der Waals surface area contributed by atoms with Gasteiger partial charge in [-0.1, -0.05) is 6.92 Å². The number of sulfonamides is 1. The smallest absolute Gasteiger partial charge is 0.215 e. The van der Waals surface area contributed by atoms with Gasteiger partial charge < -0.3 is 10.2 Å². The largest absolute Gasteiger partial charge is 0.315 e. The first-order valence-electron chi connectivity index (χ1n) is 7.40. The maximum Gasteiger partial charge on any atom is 0.215 e. The van der Waals surface area contributed by atoms with Crippen molar-refractivity contribution in [1.29, 1.82) is 0 Å². The van der Waals surface area contributed by atoms with Gasteiger partial charge >= 0.3 is 0 Å². The Morgan fingerprint density at radius 1 is 1.21 bits per heavy atom. The van der Waals surface area contributed by atoms with Crippen LogP contribution in [0.1, 0.15) is 40.0 Å². The summed E-state index contributed by atoms with van der Waals surface area (Å²) < 4.78 is 27.1. The van der Waals surface area contributed by atoms with Gasteiger partial charge in [0, 0.05) is 19.1 Å². The summed E-state index contributed by atoms with van der Waals surface area (Å²) >= 11 is 0. The van der Waals surface area contributed by atoms with Gasteiger partial charge in [0.25, 0.3) is 0 Å². The minimum atomic E-state index is -3.22. The van der Waals surface area contributed by atoms with Crippen molar-refractivity contribution in [3.05, 3.63) is 0 Å². The van der Waals surface area contributed by atoms with Crippen LogP contribution in [0.15, 0.2) is 0 Å². The predicted molar refractivity (Wildman–Crippen MR) is 79.8 cm³/mol. The normalized spacial score (nSPS) is 20.6. The van der Waals surface area contributed by atoms with Gasteiger partial charge in [-0.2, -0.15) is 0 Å². The van der Waals surface area contributed by atoms with E-state index in [1.54, 1.807) is 6.92 Å². The molecule has 2 unspecified atom stereocenters. The quantitative estimate of drug-likeness (QED) is 0.616. The van der Waals surface area contributed by atoms with Crippen LogP contribution in [0.25, 0.3) is 0 Å². The lowest BCUT2D eigenvalue weighted by Gasteiger charge is -2.23. The molecule has 19 heavy (non-hydrogen) atoms. The Morgan fingerprint density at radius 2 is 1.84 bits per heavy atom. The summed E-state index contributed by atoms with van der Waals surface area (Å²) in [5.41, 5.74) is 0. The van der Waals surface area contributed by atoms with Gasteiger partial charge in [-0.25, -0.2) is 13.1 Å². The summed E-state index contributed by atoms with van der Waals surface area (Å²) in [6.07, 6.45) is 3.49. The average molecular weight is 291 g/mol. The first-order valence-corrected chi connectivity index (χ1v) is 8.94. The molecular formula is C13H29N3O2S. The Bertz CT molecular complexity index is 340. The molecule has 0 bridgehead atoms. The highest BCUT2D eigenvalue weighted by Crippen LogP contribution is 2.08. The van der Waals surface area contributed by atoms with Crippen molar-refractivity contribution >= 4 is 10.0 Å². The van der Waals surface area contributed by atoms with Crippen LogP contribution in [-0.4, -0.2) is 57.3 Å². The predicted octanol–water partition coefficient (Wildman–Crippen LogP) is 0.778. The molecule has 0 amide bonds. The summed E-state index contributed by atoms with van der Waals surface area (Å²) in [5, 5.41) is 2.77. The van der Waals surface area contributed by atoms with Crippen LogP contribution in [0.4, 0.5) is 0 Å². The molecule has 0 saturated carbocycles. The van der Waals surface area contributed by atoms with Crippen molar-refractivity contribution in [1.82, 2.24) is 14.9 Å². The fraction of sp³-hybridized carbons (Fsp3) is 1.00. The van der Waals surface area contributed by atoms with Crippen LogP contribution < -0.4 is 10.0 Å². The molecule has 0 aliphatic carbocycles. The molecule has 5 nitrogen and oxygen atoms in total. The first kappa shape index (κ1) is 16.9. The molecule has 1 rings (SSSR count). The van der Waals surface area contributed by atoms with E-state index in [4.69, 9.17) is 0 Å². The summed E-state index contributed by atoms with van der Waals surface area (Å²) in [6.45, 7) is 10.2. The Hall–Kier alpha value is -0.170. The van der Waals surface area contributed by atoms with E-state index < -0.39 is 10.0 Å². The molecule has 1 heterocycles. The van der Waals surface area contributed by atoms with Crippen molar-refractivity contribution < 1.29 is 8.42 Å². The molecule has 1 fully saturated rings. The minimum absolute atomic E-state index is 0.0169. The number of hydrogen-bond acceptors (Lipinski definition) is 4. The molecule has 0 aromatic rings. The lowest BCUT2D eigenvalue weighted by atomic mass is 10.3. The SMILES string of the molecule is CCCNCC(C)S(=O)(=O)NC(C)CN1CCCC1. The zero-order chi connectivity index (χ0) is 14.3. The zero-order valence-corrected chi connectivity index (χ0v) is 13.3. The van der Waals surface area contributed by atoms with Crippen molar-refractivity contribution in [2.45, 2.75) is 51.3 Å². The van der Waals surface area contributed by atoms with Crippen molar-refractivity contribution in [2.24, 2.45) is 0 Å². The highest BCUT2D eigenvalue weighted by atomic mass is 32.2. The Balaban J connectivity index is 2.34. The van der Waals surface area contributed by atoms with E-state index in [0.29, 0.717) is 6.54 Å². The fourth-order valence-corrected chi connectivity index (χ4v) is 3.58. The van der Waals surface area contributed by atoms with Crippen LogP contribution in [0, 0.1) is 0 Å². The average Bonchev–Trinajstić information content (AvgIpc) is 2.81. The second-order valence-electron chi connectivity index (χ2n) is 5.59. The highest BCUT2D eigenvalue weighted by Gasteiger charge is 2.23. The van der Waals surface area contributed by atoms with Crippen molar-refractivity contribution in [2.75, 3.05) is 32.7 Å². The summed E-state index contributed by atoms with van der Waals surface area (Å²) in [7, 11) is -3.22. The topological polar surface area (TPSA) is 61.4 Å². The molecule has 0 aromatic heterocycles. The molecule has 6 heteroatoms. The van der Waals surface area contributed by atoms with E-state index in [2.05, 4.69) is 21.9 Å². The fourth-order valence-electron chi connectivity index (χ4n) is 2.38. The van der Waals surface area contributed by atoms with E-state index in [1.807, 2.05) is 6.92 Å². The maximum atomic E-state index is 12.1. The van der Waals surface area contributed by atoms with Crippen LogP contribution in [0.2, 0.25) is 0 Å². The monoisotopic (exact) mass is 291 g/mol. The number of nitrogens with zero attached hydrogens (tertiary/aromatic N) is 1. The highest BCUT2D eigenvalue weighted by molar-refractivity contribution is 7.90. The molecule has 0 aromatic carbocycles. The lowest BCUT2D eigenvalue weighted by Crippen LogP contribution is -2.46. The lowest BCUT2D eigenvalue weighted by molar-refractivity contribution is 0.312. The molecule has 1 aliphatic heterocycles. The maximum absolute atomic E-state index is 12.1. The van der Waals surface area contributed by atoms with E-state index >= 15 is 0 Å². The number of rotatable bonds is 9. The molecular weight excluding hydrogens is 262 g/mol. The second kappa shape index (κ2) is 8.19. The zero-order valence-electron chi connectivity index (χ0n) is 12.5. The second-order valence-corrected chi connectivity index (χ2v) is 7.72. The third kappa shape index (κ3) is 6.21. The number of likely N-dealkylation sites (tertiary alicyclic amines) is 1. The van der Waals surface area contributed by atoms with Crippen molar-refractivity contribution in [3.63, 3.8) is 0 Å². The number of nitrogens with one attached hydrogen (secondary N) is 2. The Kier molecular flexibility index (Phi) is 7.28. The van der Waals surface area contributed by atoms with Crippen LogP contribution in [-0.2, 0) is 10.0 Å². The first-order chi connectivity index (χ1) is 8.95. The standard InChI is InChI=1S/C13H29N3O2S/c1-4-7-14-10-13(3)19(17,18)15-12(2)11-16-8-5-6-9-16/h12-15H,4-11H2,1-3H3. The van der Waals surface area contributed by atoms with Crippen LogP contribution in [0.3, 0.4) is 0 Å². The van der Waals surface area contributed by atoms with Gasteiger partial charge in [-0.15, -0.1) is 0 Å². The van der Waals surface area contributed by atoms with Crippen molar-refractivity contribution in [3.8, 4) is 0 Å². The van der Waals surface area contributed by atoms with Gasteiger partial charge in [0.15, 0.2) is 0 Å². The van der Waals surface area contributed by atoms with Crippen LogP contribution >= 0.6 is 0 Å². The third-order valence-electron chi connectivity index (χ3n) is 3.48. The summed E-state index contributed by atoms with van der Waals surface area (Å²) in [4.78, 5) is 2.33. The van der Waals surface area contributed by atoms with Gasteiger partial charge in [0.1, 0.15) is 0 Å². The van der Waals surface area contributed by atoms with E-state index in [0.717, 1.165) is 32.6 Å². The van der Waals surface area contributed by atoms with Gasteiger partial charge in [-0.3, -0.25) is 0 Å². The van der Waals surface area contributed by atoms with Gasteiger partial charge in [-0.05, 0) is 52.7 Å². The summed E-state index contributed by atoms with van der Waals surface area (Å²) in [5.74, 6) is 0. The third-order valence-corrected chi connectivity index (χ3v) is 5.44. The molecule has 1 saturated heterocycles. The van der Waals surface area contributed by atoms with Crippen LogP contribution in [0.5, 0.6) is 0 Å². The van der Waals surface area contributed by atoms with E-state index in [9.17, 15) is 8.42 Å². The van der Waals surface area contributed by atoms with Gasteiger partial charge in [0.05, 0.1) is 5.25 Å². The molecule has 114 valence electrons. The van der Waals surface area contributed by atoms with E-state index in [-0.39, 0.29) is 11.3 Å². The number of hydrogen-bond donors (Lipinski definition) is 2. The molecule has 0 spiro atoms. The van der Waals surface area contributed by atoms with Gasteiger partial charge in [0.2, 0.25) is 10.0 Å².